The molecule has 0 aromatic heterocycles. The Morgan fingerprint density at radius 1 is 0.952 bits per heavy atom. The van der Waals surface area contributed by atoms with E-state index in [0.717, 1.165) is 18.9 Å². The second kappa shape index (κ2) is 13.0. The zero-order valence-electron chi connectivity index (χ0n) is 14.0. The molecule has 0 saturated heterocycles. The van der Waals surface area contributed by atoms with Gasteiger partial charge in [0.15, 0.2) is 0 Å². The molecule has 0 aromatic carbocycles. The molecule has 0 atom stereocenters. The average molecular weight is 317 g/mol. The van der Waals surface area contributed by atoms with Gasteiger partial charge in [-0.15, -0.1) is 0 Å². The van der Waals surface area contributed by atoms with Gasteiger partial charge in [-0.3, -0.25) is 0 Å². The summed E-state index contributed by atoms with van der Waals surface area (Å²) in [4.78, 5) is 10.8. The number of hydrogen-bond acceptors (Lipinski definition) is 4. The van der Waals surface area contributed by atoms with E-state index < -0.39 is 8.56 Å². The van der Waals surface area contributed by atoms with Crippen LogP contribution in [-0.2, 0) is 18.4 Å². The van der Waals surface area contributed by atoms with E-state index in [2.05, 4.69) is 13.1 Å². The smallest absolute Gasteiger partial charge is 0.334 e. The lowest BCUT2D eigenvalue weighted by Crippen LogP contribution is -2.35. The highest BCUT2D eigenvalue weighted by atomic mass is 28.4. The molecule has 0 unspecified atom stereocenters. The Morgan fingerprint density at radius 3 is 1.90 bits per heavy atom. The molecule has 4 nitrogen and oxygen atoms in total. The maximum absolute atomic E-state index is 10.8. The van der Waals surface area contributed by atoms with E-state index >= 15 is 0 Å². The Labute approximate surface area is 131 Å². The highest BCUT2D eigenvalue weighted by Crippen LogP contribution is 2.17. The van der Waals surface area contributed by atoms with E-state index in [4.69, 9.17) is 13.6 Å². The molecule has 0 aliphatic rings. The van der Waals surface area contributed by atoms with Crippen molar-refractivity contribution in [3.05, 3.63) is 12.7 Å². The molecule has 0 bridgehead atoms. The van der Waals surface area contributed by atoms with Crippen LogP contribution in [-0.4, -0.2) is 35.4 Å². The number of carbonyl (C=O) groups excluding carboxylic acids is 1. The molecule has 5 heteroatoms. The van der Waals surface area contributed by atoms with Crippen LogP contribution < -0.4 is 0 Å². The van der Waals surface area contributed by atoms with Crippen LogP contribution >= 0.6 is 0 Å². The first-order valence-corrected chi connectivity index (χ1v) is 10.5. The highest BCUT2D eigenvalue weighted by Gasteiger charge is 2.27. The summed E-state index contributed by atoms with van der Waals surface area (Å²) in [7, 11) is 1.66. The third-order valence-corrected chi connectivity index (χ3v) is 6.79. The molecule has 21 heavy (non-hydrogen) atoms. The minimum Gasteiger partial charge on any atom is -0.463 e. The maximum atomic E-state index is 10.8. The van der Waals surface area contributed by atoms with E-state index in [9.17, 15) is 4.79 Å². The lowest BCUT2D eigenvalue weighted by atomic mass is 10.1. The van der Waals surface area contributed by atoms with Crippen LogP contribution in [0.4, 0.5) is 0 Å². The zero-order valence-corrected chi connectivity index (χ0v) is 15.0. The van der Waals surface area contributed by atoms with Crippen LogP contribution in [0, 0.1) is 0 Å². The Hall–Kier alpha value is -0.653. The molecule has 0 N–H and O–H groups in total. The van der Waals surface area contributed by atoms with Gasteiger partial charge in [-0.25, -0.2) is 4.79 Å². The van der Waals surface area contributed by atoms with Gasteiger partial charge in [0.05, 0.1) is 6.61 Å². The number of rotatable bonds is 14. The fraction of sp³-hybridized carbons (Fsp3) is 0.812. The fourth-order valence-electron chi connectivity index (χ4n) is 2.13. The van der Waals surface area contributed by atoms with Gasteiger partial charge >= 0.3 is 14.5 Å². The summed E-state index contributed by atoms with van der Waals surface area (Å²) in [6, 6.07) is 1.08. The number of unbranched alkanes of at least 4 members (excludes halogenated alkanes) is 7. The standard InChI is InChI=1S/C16H32O4Si/c1-5-16(17)20-14-12-10-8-6-7-9-11-13-15-21(4,18-2)19-3/h5H,1,6-15H2,2-4H3. The van der Waals surface area contributed by atoms with E-state index in [0.29, 0.717) is 6.61 Å². The summed E-state index contributed by atoms with van der Waals surface area (Å²) in [5.74, 6) is -0.322. The van der Waals surface area contributed by atoms with Crippen LogP contribution in [0.5, 0.6) is 0 Å². The monoisotopic (exact) mass is 316 g/mol. The molecule has 0 fully saturated rings. The molecule has 0 spiro atoms. The number of ether oxygens (including phenoxy) is 1. The van der Waals surface area contributed by atoms with Gasteiger partial charge < -0.3 is 13.6 Å². The normalized spacial score (nSPS) is 11.4. The van der Waals surface area contributed by atoms with E-state index in [-0.39, 0.29) is 5.97 Å². The molecule has 0 radical (unpaired) electrons. The second-order valence-electron chi connectivity index (χ2n) is 5.49. The minimum atomic E-state index is -1.85. The van der Waals surface area contributed by atoms with E-state index in [1.54, 1.807) is 14.2 Å². The topological polar surface area (TPSA) is 44.8 Å². The third-order valence-electron chi connectivity index (χ3n) is 3.80. The van der Waals surface area contributed by atoms with Crippen molar-refractivity contribution in [2.45, 2.75) is 64.0 Å². The fourth-order valence-corrected chi connectivity index (χ4v) is 3.60. The number of esters is 1. The van der Waals surface area contributed by atoms with Crippen LogP contribution in [0.3, 0.4) is 0 Å². The van der Waals surface area contributed by atoms with Crippen molar-refractivity contribution >= 4 is 14.5 Å². The summed E-state index contributed by atoms with van der Waals surface area (Å²) in [5.41, 5.74) is 0. The Morgan fingerprint density at radius 2 is 1.43 bits per heavy atom. The number of hydrogen-bond donors (Lipinski definition) is 0. The highest BCUT2D eigenvalue weighted by molar-refractivity contribution is 6.65. The maximum Gasteiger partial charge on any atom is 0.334 e. The van der Waals surface area contributed by atoms with Crippen molar-refractivity contribution in [1.82, 2.24) is 0 Å². The van der Waals surface area contributed by atoms with Crippen molar-refractivity contribution in [2.24, 2.45) is 0 Å². The predicted octanol–water partition coefficient (Wildman–Crippen LogP) is 4.20. The Balaban J connectivity index is 3.26. The molecule has 124 valence electrons. The molecule has 0 heterocycles. The summed E-state index contributed by atoms with van der Waals surface area (Å²) < 4.78 is 15.9. The first kappa shape index (κ1) is 20.3. The largest absolute Gasteiger partial charge is 0.463 e. The summed E-state index contributed by atoms with van der Waals surface area (Å²) >= 11 is 0. The van der Waals surface area contributed by atoms with Crippen molar-refractivity contribution in [2.75, 3.05) is 20.8 Å². The first-order chi connectivity index (χ1) is 10.1. The van der Waals surface area contributed by atoms with E-state index in [1.807, 2.05) is 0 Å². The van der Waals surface area contributed by atoms with Gasteiger partial charge in [0, 0.05) is 20.3 Å². The molecular weight excluding hydrogens is 284 g/mol. The molecule has 0 aliphatic heterocycles. The van der Waals surface area contributed by atoms with Gasteiger partial charge in [-0.1, -0.05) is 51.5 Å². The zero-order chi connectivity index (χ0) is 16.0. The van der Waals surface area contributed by atoms with Gasteiger partial charge in [0.25, 0.3) is 0 Å². The Kier molecular flexibility index (Phi) is 12.6. The van der Waals surface area contributed by atoms with Gasteiger partial charge in [0.1, 0.15) is 0 Å². The molecular formula is C16H32O4Si. The molecule has 0 aromatic rings. The summed E-state index contributed by atoms with van der Waals surface area (Å²) in [5, 5.41) is 0. The van der Waals surface area contributed by atoms with Crippen molar-refractivity contribution in [3.8, 4) is 0 Å². The quantitative estimate of drug-likeness (QED) is 0.208. The molecule has 0 aliphatic carbocycles. The van der Waals surface area contributed by atoms with Crippen LogP contribution in [0.15, 0.2) is 12.7 Å². The van der Waals surface area contributed by atoms with Crippen molar-refractivity contribution < 1.29 is 18.4 Å². The van der Waals surface area contributed by atoms with Crippen molar-refractivity contribution in [1.29, 1.82) is 0 Å². The summed E-state index contributed by atoms with van der Waals surface area (Å²) in [6.45, 7) is 6.00. The average Bonchev–Trinajstić information content (AvgIpc) is 2.51. The number of carbonyl (C=O) groups is 1. The van der Waals surface area contributed by atoms with Crippen LogP contribution in [0.2, 0.25) is 12.6 Å². The second-order valence-corrected chi connectivity index (χ2v) is 9.08. The van der Waals surface area contributed by atoms with E-state index in [1.165, 1.54) is 44.6 Å². The minimum absolute atomic E-state index is 0.322. The lowest BCUT2D eigenvalue weighted by molar-refractivity contribution is -0.137. The third kappa shape index (κ3) is 11.7. The SMILES string of the molecule is C=CC(=O)OCCCCCCCCCC[Si](C)(OC)OC. The van der Waals surface area contributed by atoms with Crippen LogP contribution in [0.25, 0.3) is 0 Å². The van der Waals surface area contributed by atoms with Gasteiger partial charge in [0.2, 0.25) is 0 Å². The van der Waals surface area contributed by atoms with Crippen LogP contribution in [0.1, 0.15) is 51.4 Å². The summed E-state index contributed by atoms with van der Waals surface area (Å²) in [6.07, 6.45) is 10.8. The molecule has 0 amide bonds. The van der Waals surface area contributed by atoms with Gasteiger partial charge in [-0.2, -0.15) is 0 Å². The Bertz CT molecular complexity index is 277. The molecule has 0 saturated carbocycles. The van der Waals surface area contributed by atoms with Crippen molar-refractivity contribution in [3.63, 3.8) is 0 Å². The van der Waals surface area contributed by atoms with Gasteiger partial charge in [-0.05, 0) is 19.0 Å². The predicted molar refractivity (Wildman–Crippen MR) is 88.5 cm³/mol. The first-order valence-electron chi connectivity index (χ1n) is 7.97. The molecule has 0 rings (SSSR count). The lowest BCUT2D eigenvalue weighted by Gasteiger charge is -2.22.